The van der Waals surface area contributed by atoms with Crippen LogP contribution in [0.3, 0.4) is 0 Å². The average Bonchev–Trinajstić information content (AvgIpc) is 2.39. The van der Waals surface area contributed by atoms with Crippen molar-refractivity contribution in [2.75, 3.05) is 6.54 Å². The Morgan fingerprint density at radius 2 is 1.84 bits per heavy atom. The number of hydrogen-bond acceptors (Lipinski definition) is 2. The summed E-state index contributed by atoms with van der Waals surface area (Å²) in [6.45, 7) is 7.64. The predicted molar refractivity (Wildman–Crippen MR) is 78.2 cm³/mol. The summed E-state index contributed by atoms with van der Waals surface area (Å²) in [5.74, 6) is 0.373. The molecule has 2 nitrogen and oxygen atoms in total. The lowest BCUT2D eigenvalue weighted by atomic mass is 9.66. The first kappa shape index (κ1) is 13.1. The van der Waals surface area contributed by atoms with Gasteiger partial charge in [0, 0.05) is 18.5 Å². The second-order valence-electron chi connectivity index (χ2n) is 7.34. The summed E-state index contributed by atoms with van der Waals surface area (Å²) in [6.07, 6.45) is 3.23. The van der Waals surface area contributed by atoms with Crippen molar-refractivity contribution >= 4 is 0 Å². The van der Waals surface area contributed by atoms with Crippen LogP contribution < -0.4 is 5.32 Å². The third-order valence-corrected chi connectivity index (χ3v) is 5.00. The molecule has 0 amide bonds. The number of piperidine rings is 2. The molecule has 2 aliphatic heterocycles. The molecule has 104 valence electrons. The fourth-order valence-corrected chi connectivity index (χ4v) is 3.65. The van der Waals surface area contributed by atoms with Crippen LogP contribution in [0.2, 0.25) is 0 Å². The van der Waals surface area contributed by atoms with Gasteiger partial charge in [0.2, 0.25) is 0 Å². The van der Waals surface area contributed by atoms with E-state index in [0.717, 1.165) is 24.9 Å². The van der Waals surface area contributed by atoms with Gasteiger partial charge in [0.1, 0.15) is 0 Å². The van der Waals surface area contributed by atoms with E-state index in [2.05, 4.69) is 50.4 Å². The van der Waals surface area contributed by atoms with Crippen LogP contribution in [-0.4, -0.2) is 17.7 Å². The van der Waals surface area contributed by atoms with E-state index in [0.29, 0.717) is 12.0 Å². The first-order valence-corrected chi connectivity index (χ1v) is 7.46. The molecule has 0 aromatic heterocycles. The summed E-state index contributed by atoms with van der Waals surface area (Å²) >= 11 is 0. The van der Waals surface area contributed by atoms with Gasteiger partial charge in [-0.2, -0.15) is 0 Å². The van der Waals surface area contributed by atoms with Crippen molar-refractivity contribution in [2.45, 2.75) is 57.1 Å². The first-order valence-electron chi connectivity index (χ1n) is 7.46. The highest BCUT2D eigenvalue weighted by Gasteiger charge is 2.47. The molecule has 1 aromatic rings. The SMILES string of the molecule is CC(C)(C)c1ccc([C@@]2(O)C[C@H]3CC[C@@H]2CN3)cc1. The highest BCUT2D eigenvalue weighted by atomic mass is 16.3. The maximum atomic E-state index is 11.1. The van der Waals surface area contributed by atoms with Gasteiger partial charge in [-0.05, 0) is 35.8 Å². The van der Waals surface area contributed by atoms with E-state index in [1.54, 1.807) is 0 Å². The summed E-state index contributed by atoms with van der Waals surface area (Å²) in [5.41, 5.74) is 2.01. The summed E-state index contributed by atoms with van der Waals surface area (Å²) in [5, 5.41) is 14.6. The lowest BCUT2D eigenvalue weighted by molar-refractivity contribution is -0.0875. The van der Waals surface area contributed by atoms with E-state index in [-0.39, 0.29) is 5.41 Å². The first-order chi connectivity index (χ1) is 8.89. The second kappa shape index (κ2) is 4.32. The number of fused-ring (bicyclic) bond motifs is 3. The molecule has 0 spiro atoms. The van der Waals surface area contributed by atoms with Crippen molar-refractivity contribution in [3.05, 3.63) is 35.4 Å². The van der Waals surface area contributed by atoms with Crippen LogP contribution in [0, 0.1) is 5.92 Å². The predicted octanol–water partition coefficient (Wildman–Crippen LogP) is 2.94. The number of hydrogen-bond donors (Lipinski definition) is 2. The van der Waals surface area contributed by atoms with Crippen LogP contribution in [0.4, 0.5) is 0 Å². The largest absolute Gasteiger partial charge is 0.385 e. The lowest BCUT2D eigenvalue weighted by Gasteiger charge is -2.49. The summed E-state index contributed by atoms with van der Waals surface area (Å²) < 4.78 is 0. The van der Waals surface area contributed by atoms with E-state index in [4.69, 9.17) is 0 Å². The number of aliphatic hydroxyl groups is 1. The number of benzene rings is 1. The Balaban J connectivity index is 1.90. The molecule has 2 heterocycles. The molecule has 2 bridgehead atoms. The molecule has 3 atom stereocenters. The third-order valence-electron chi connectivity index (χ3n) is 5.00. The zero-order chi connectivity index (χ0) is 13.7. The van der Waals surface area contributed by atoms with Crippen LogP contribution in [0.5, 0.6) is 0 Å². The van der Waals surface area contributed by atoms with Gasteiger partial charge in [-0.15, -0.1) is 0 Å². The number of nitrogens with one attached hydrogen (secondary N) is 1. The third kappa shape index (κ3) is 2.21. The van der Waals surface area contributed by atoms with Crippen molar-refractivity contribution in [1.29, 1.82) is 0 Å². The summed E-state index contributed by atoms with van der Waals surface area (Å²) in [4.78, 5) is 0. The average molecular weight is 259 g/mol. The van der Waals surface area contributed by atoms with Gasteiger partial charge in [-0.25, -0.2) is 0 Å². The fraction of sp³-hybridized carbons (Fsp3) is 0.647. The molecule has 2 heteroatoms. The smallest absolute Gasteiger partial charge is 0.0951 e. The molecule has 3 fully saturated rings. The maximum absolute atomic E-state index is 11.1. The summed E-state index contributed by atoms with van der Waals surface area (Å²) in [7, 11) is 0. The standard InChI is InChI=1S/C17H25NO/c1-16(2,3)12-4-6-13(7-5-12)17(19)10-15-9-8-14(17)11-18-15/h4-7,14-15,18-19H,8-11H2,1-3H3/t14-,15-,17+/m1/s1. The molecule has 2 N–H and O–H groups in total. The Morgan fingerprint density at radius 1 is 1.16 bits per heavy atom. The van der Waals surface area contributed by atoms with Crippen molar-refractivity contribution in [2.24, 2.45) is 5.92 Å². The highest BCUT2D eigenvalue weighted by Crippen LogP contribution is 2.44. The normalized spacial score (nSPS) is 34.5. The van der Waals surface area contributed by atoms with Gasteiger partial charge in [0.15, 0.2) is 0 Å². The Kier molecular flexibility index (Phi) is 2.99. The second-order valence-corrected chi connectivity index (χ2v) is 7.34. The van der Waals surface area contributed by atoms with Crippen LogP contribution in [0.25, 0.3) is 0 Å². The van der Waals surface area contributed by atoms with E-state index in [1.807, 2.05) is 0 Å². The molecule has 1 saturated carbocycles. The van der Waals surface area contributed by atoms with Gasteiger partial charge in [-0.3, -0.25) is 0 Å². The Morgan fingerprint density at radius 3 is 2.26 bits per heavy atom. The molecule has 0 unspecified atom stereocenters. The van der Waals surface area contributed by atoms with Crippen LogP contribution >= 0.6 is 0 Å². The van der Waals surface area contributed by atoms with Crippen molar-refractivity contribution < 1.29 is 5.11 Å². The molecule has 1 aliphatic carbocycles. The number of rotatable bonds is 1. The van der Waals surface area contributed by atoms with E-state index in [1.165, 1.54) is 12.0 Å². The minimum Gasteiger partial charge on any atom is -0.385 e. The van der Waals surface area contributed by atoms with E-state index < -0.39 is 5.60 Å². The Hall–Kier alpha value is -0.860. The molecule has 3 aliphatic rings. The molecule has 19 heavy (non-hydrogen) atoms. The Labute approximate surface area is 116 Å². The van der Waals surface area contributed by atoms with Gasteiger partial charge >= 0.3 is 0 Å². The van der Waals surface area contributed by atoms with Gasteiger partial charge in [0.05, 0.1) is 5.60 Å². The van der Waals surface area contributed by atoms with Crippen molar-refractivity contribution in [3.8, 4) is 0 Å². The van der Waals surface area contributed by atoms with E-state index in [9.17, 15) is 5.11 Å². The minimum absolute atomic E-state index is 0.175. The van der Waals surface area contributed by atoms with Crippen molar-refractivity contribution in [1.82, 2.24) is 5.32 Å². The van der Waals surface area contributed by atoms with Gasteiger partial charge < -0.3 is 10.4 Å². The minimum atomic E-state index is -0.607. The molecular weight excluding hydrogens is 234 g/mol. The monoisotopic (exact) mass is 259 g/mol. The molecule has 1 aromatic carbocycles. The zero-order valence-corrected chi connectivity index (χ0v) is 12.2. The topological polar surface area (TPSA) is 32.3 Å². The lowest BCUT2D eigenvalue weighted by Crippen LogP contribution is -2.57. The highest BCUT2D eigenvalue weighted by molar-refractivity contribution is 5.32. The Bertz CT molecular complexity index is 451. The van der Waals surface area contributed by atoms with Gasteiger partial charge in [0.25, 0.3) is 0 Å². The van der Waals surface area contributed by atoms with E-state index >= 15 is 0 Å². The quantitative estimate of drug-likeness (QED) is 0.812. The molecule has 0 radical (unpaired) electrons. The fourth-order valence-electron chi connectivity index (χ4n) is 3.65. The van der Waals surface area contributed by atoms with Crippen LogP contribution in [-0.2, 0) is 11.0 Å². The molecule has 4 rings (SSSR count). The van der Waals surface area contributed by atoms with Crippen LogP contribution in [0.1, 0.15) is 51.2 Å². The maximum Gasteiger partial charge on any atom is 0.0951 e. The zero-order valence-electron chi connectivity index (χ0n) is 12.2. The van der Waals surface area contributed by atoms with Crippen molar-refractivity contribution in [3.63, 3.8) is 0 Å². The molecular formula is C17H25NO. The van der Waals surface area contributed by atoms with Gasteiger partial charge in [-0.1, -0.05) is 45.0 Å². The van der Waals surface area contributed by atoms with Crippen LogP contribution in [0.15, 0.2) is 24.3 Å². The molecule has 2 saturated heterocycles. The summed E-state index contributed by atoms with van der Waals surface area (Å²) in [6, 6.07) is 9.14.